The maximum atomic E-state index is 12.4. The van der Waals surface area contributed by atoms with Crippen LogP contribution in [0, 0.1) is 12.8 Å². The van der Waals surface area contributed by atoms with Gasteiger partial charge in [0.2, 0.25) is 5.91 Å². The number of nitrogens with two attached hydrogens (primary N) is 1. The lowest BCUT2D eigenvalue weighted by atomic mass is 9.96. The Balaban J connectivity index is 1.92. The van der Waals surface area contributed by atoms with E-state index in [4.69, 9.17) is 22.1 Å². The molecule has 1 saturated heterocycles. The van der Waals surface area contributed by atoms with Crippen molar-refractivity contribution in [3.8, 4) is 5.75 Å². The van der Waals surface area contributed by atoms with E-state index in [2.05, 4.69) is 0 Å². The van der Waals surface area contributed by atoms with Gasteiger partial charge < -0.3 is 15.4 Å². The van der Waals surface area contributed by atoms with Crippen LogP contribution in [0.2, 0.25) is 5.02 Å². The number of ether oxygens (including phenoxy) is 1. The second-order valence-electron chi connectivity index (χ2n) is 5.67. The molecule has 0 aliphatic carbocycles. The third-order valence-electron chi connectivity index (χ3n) is 4.00. The predicted molar refractivity (Wildman–Crippen MR) is 84.8 cm³/mol. The van der Waals surface area contributed by atoms with Crippen molar-refractivity contribution in [3.63, 3.8) is 0 Å². The highest BCUT2D eigenvalue weighted by atomic mass is 35.5. The molecule has 2 rings (SSSR count). The molecule has 0 radical (unpaired) electrons. The third-order valence-corrected chi connectivity index (χ3v) is 4.42. The maximum absolute atomic E-state index is 12.4. The fourth-order valence-corrected chi connectivity index (χ4v) is 2.70. The fourth-order valence-electron chi connectivity index (χ4n) is 2.59. The lowest BCUT2D eigenvalue weighted by molar-refractivity contribution is -0.140. The van der Waals surface area contributed by atoms with Gasteiger partial charge in [0.05, 0.1) is 0 Å². The first kappa shape index (κ1) is 16.6. The number of likely N-dealkylation sites (tertiary alicyclic amines) is 1. The number of hydrogen-bond acceptors (Lipinski definition) is 3. The van der Waals surface area contributed by atoms with Crippen LogP contribution in [-0.4, -0.2) is 35.9 Å². The van der Waals surface area contributed by atoms with Crippen LogP contribution in [0.15, 0.2) is 18.2 Å². The average Bonchev–Trinajstić information content (AvgIpc) is 2.50. The van der Waals surface area contributed by atoms with Gasteiger partial charge in [0, 0.05) is 24.0 Å². The summed E-state index contributed by atoms with van der Waals surface area (Å²) < 4.78 is 5.70. The number of rotatable bonds is 4. The SMILES string of the molecule is Cc1cc(O[C@@H](C)C(=O)N2CCC(C(N)=O)CC2)ccc1Cl. The molecule has 1 aromatic rings. The van der Waals surface area contributed by atoms with Crippen molar-refractivity contribution in [3.05, 3.63) is 28.8 Å². The Morgan fingerprint density at radius 1 is 1.36 bits per heavy atom. The van der Waals surface area contributed by atoms with Crippen LogP contribution in [0.5, 0.6) is 5.75 Å². The quantitative estimate of drug-likeness (QED) is 0.922. The van der Waals surface area contributed by atoms with Gasteiger partial charge in [0.1, 0.15) is 5.75 Å². The monoisotopic (exact) mass is 324 g/mol. The molecule has 2 amide bonds. The highest BCUT2D eigenvalue weighted by Crippen LogP contribution is 2.23. The predicted octanol–water partition coefficient (Wildman–Crippen LogP) is 2.14. The van der Waals surface area contributed by atoms with Crippen LogP contribution in [0.1, 0.15) is 25.3 Å². The van der Waals surface area contributed by atoms with Crippen LogP contribution >= 0.6 is 11.6 Å². The molecule has 2 N–H and O–H groups in total. The molecule has 1 heterocycles. The van der Waals surface area contributed by atoms with E-state index in [9.17, 15) is 9.59 Å². The zero-order valence-electron chi connectivity index (χ0n) is 12.8. The topological polar surface area (TPSA) is 72.6 Å². The summed E-state index contributed by atoms with van der Waals surface area (Å²) in [6, 6.07) is 5.31. The smallest absolute Gasteiger partial charge is 0.263 e. The van der Waals surface area contributed by atoms with E-state index in [1.807, 2.05) is 13.0 Å². The Kier molecular flexibility index (Phi) is 5.29. The number of benzene rings is 1. The minimum absolute atomic E-state index is 0.0736. The number of piperidine rings is 1. The Morgan fingerprint density at radius 2 is 2.00 bits per heavy atom. The molecule has 1 fully saturated rings. The Morgan fingerprint density at radius 3 is 2.55 bits per heavy atom. The first-order chi connectivity index (χ1) is 10.4. The largest absolute Gasteiger partial charge is 0.481 e. The van der Waals surface area contributed by atoms with Gasteiger partial charge in [-0.2, -0.15) is 0 Å². The number of primary amides is 1. The van der Waals surface area contributed by atoms with E-state index < -0.39 is 6.10 Å². The number of carbonyl (C=O) groups is 2. The van der Waals surface area contributed by atoms with Crippen LogP contribution < -0.4 is 10.5 Å². The van der Waals surface area contributed by atoms with Gasteiger partial charge in [0.15, 0.2) is 6.10 Å². The fraction of sp³-hybridized carbons (Fsp3) is 0.500. The zero-order valence-corrected chi connectivity index (χ0v) is 13.6. The minimum atomic E-state index is -0.578. The molecule has 5 nitrogen and oxygen atoms in total. The van der Waals surface area contributed by atoms with Crippen molar-refractivity contribution in [2.75, 3.05) is 13.1 Å². The first-order valence-electron chi connectivity index (χ1n) is 7.39. The molecule has 22 heavy (non-hydrogen) atoms. The molecule has 0 aromatic heterocycles. The number of nitrogens with zero attached hydrogens (tertiary/aromatic N) is 1. The standard InChI is InChI=1S/C16H21ClN2O3/c1-10-9-13(3-4-14(10)17)22-11(2)16(21)19-7-5-12(6-8-19)15(18)20/h3-4,9,11-12H,5-8H2,1-2H3,(H2,18,20)/t11-/m0/s1. The van der Waals surface area contributed by atoms with Gasteiger partial charge in [-0.1, -0.05) is 11.6 Å². The molecule has 1 aromatic carbocycles. The summed E-state index contributed by atoms with van der Waals surface area (Å²) in [6.45, 7) is 4.70. The van der Waals surface area contributed by atoms with Crippen LogP contribution in [0.3, 0.4) is 0 Å². The van der Waals surface area contributed by atoms with Gasteiger partial charge in [-0.05, 0) is 50.5 Å². The van der Waals surface area contributed by atoms with Crippen molar-refractivity contribution in [1.82, 2.24) is 4.90 Å². The van der Waals surface area contributed by atoms with E-state index in [1.54, 1.807) is 24.0 Å². The summed E-state index contributed by atoms with van der Waals surface area (Å²) >= 11 is 5.97. The highest BCUT2D eigenvalue weighted by Gasteiger charge is 2.29. The number of carbonyl (C=O) groups excluding carboxylic acids is 2. The number of aryl methyl sites for hydroxylation is 1. The van der Waals surface area contributed by atoms with E-state index in [1.165, 1.54) is 0 Å². The summed E-state index contributed by atoms with van der Waals surface area (Å²) in [5, 5.41) is 0.667. The lowest BCUT2D eigenvalue weighted by Gasteiger charge is -2.32. The highest BCUT2D eigenvalue weighted by molar-refractivity contribution is 6.31. The van der Waals surface area contributed by atoms with Crippen molar-refractivity contribution >= 4 is 23.4 Å². The van der Waals surface area contributed by atoms with Gasteiger partial charge in [0.25, 0.3) is 5.91 Å². The molecular formula is C16H21ClN2O3. The summed E-state index contributed by atoms with van der Waals surface area (Å²) in [5.41, 5.74) is 6.20. The zero-order chi connectivity index (χ0) is 16.3. The van der Waals surface area contributed by atoms with Gasteiger partial charge >= 0.3 is 0 Å². The van der Waals surface area contributed by atoms with Crippen LogP contribution in [-0.2, 0) is 9.59 Å². The minimum Gasteiger partial charge on any atom is -0.481 e. The van der Waals surface area contributed by atoms with Crippen molar-refractivity contribution < 1.29 is 14.3 Å². The molecule has 0 saturated carbocycles. The third kappa shape index (κ3) is 3.91. The lowest BCUT2D eigenvalue weighted by Crippen LogP contribution is -2.46. The number of hydrogen-bond donors (Lipinski definition) is 1. The van der Waals surface area contributed by atoms with Crippen molar-refractivity contribution in [2.24, 2.45) is 11.7 Å². The van der Waals surface area contributed by atoms with Crippen LogP contribution in [0.25, 0.3) is 0 Å². The van der Waals surface area contributed by atoms with E-state index in [-0.39, 0.29) is 17.7 Å². The normalized spacial score (nSPS) is 17.1. The van der Waals surface area contributed by atoms with Crippen molar-refractivity contribution in [1.29, 1.82) is 0 Å². The summed E-state index contributed by atoms with van der Waals surface area (Å²) in [5.74, 6) is 0.137. The van der Waals surface area contributed by atoms with E-state index >= 15 is 0 Å². The van der Waals surface area contributed by atoms with Crippen LogP contribution in [0.4, 0.5) is 0 Å². The molecular weight excluding hydrogens is 304 g/mol. The summed E-state index contributed by atoms with van der Waals surface area (Å²) in [7, 11) is 0. The Bertz CT molecular complexity index is 569. The van der Waals surface area contributed by atoms with E-state index in [0.717, 1.165) is 5.56 Å². The van der Waals surface area contributed by atoms with Gasteiger partial charge in [-0.25, -0.2) is 0 Å². The van der Waals surface area contributed by atoms with Gasteiger partial charge in [-0.15, -0.1) is 0 Å². The Hall–Kier alpha value is -1.75. The second kappa shape index (κ2) is 7.01. The molecule has 0 spiro atoms. The summed E-state index contributed by atoms with van der Waals surface area (Å²) in [4.78, 5) is 25.3. The maximum Gasteiger partial charge on any atom is 0.263 e. The van der Waals surface area contributed by atoms with Gasteiger partial charge in [-0.3, -0.25) is 9.59 Å². The van der Waals surface area contributed by atoms with E-state index in [0.29, 0.717) is 36.7 Å². The average molecular weight is 325 g/mol. The summed E-state index contributed by atoms with van der Waals surface area (Å²) in [6.07, 6.45) is 0.660. The second-order valence-corrected chi connectivity index (χ2v) is 6.08. The molecule has 1 aliphatic rings. The molecule has 0 bridgehead atoms. The number of halogens is 1. The molecule has 1 aliphatic heterocycles. The number of amides is 2. The molecule has 1 atom stereocenters. The first-order valence-corrected chi connectivity index (χ1v) is 7.77. The molecule has 120 valence electrons. The Labute approximate surface area is 135 Å². The molecule has 0 unspecified atom stereocenters. The molecule has 6 heteroatoms. The van der Waals surface area contributed by atoms with Crippen molar-refractivity contribution in [2.45, 2.75) is 32.8 Å².